The van der Waals surface area contributed by atoms with Crippen LogP contribution in [0.2, 0.25) is 0 Å². The molecule has 0 saturated carbocycles. The molecule has 1 atom stereocenters. The molecule has 1 aliphatic rings. The molecule has 0 amide bonds. The van der Waals surface area contributed by atoms with Crippen LogP contribution in [0.4, 0.5) is 21.5 Å². The summed E-state index contributed by atoms with van der Waals surface area (Å²) in [5.74, 6) is 0. The van der Waals surface area contributed by atoms with Crippen molar-refractivity contribution in [3.05, 3.63) is 236 Å². The van der Waals surface area contributed by atoms with Gasteiger partial charge in [0.2, 0.25) is 0 Å². The smallest absolute Gasteiger partial charge is 0.340 e. The molecule has 13 rings (SSSR count). The third kappa shape index (κ3) is 5.71. The maximum absolute atomic E-state index is 17.2. The molecule has 65 heavy (non-hydrogen) atoms. The van der Waals surface area contributed by atoms with Gasteiger partial charge in [-0.3, -0.25) is 4.98 Å². The third-order valence-electron chi connectivity index (χ3n) is 13.1. The molecule has 5 nitrogen and oxygen atoms in total. The number of para-hydroxylation sites is 3. The molecule has 0 saturated heterocycles. The summed E-state index contributed by atoms with van der Waals surface area (Å²) in [7, 11) is -2.97. The Hall–Kier alpha value is -7.47. The SMILES string of the molecule is FC(c1[c-]c(-n2c3ccc4c(c3c3cccnc32)N(c2ccccc2)c2ccccc2[Si]4(c2ccccc2)c2ccccc2)ccc1)c1[c-]c2c(cc1)c1ccccc1n1ccnc21.[Pd+2]. The predicted molar refractivity (Wildman–Crippen MR) is 261 cm³/mol. The zero-order valence-electron chi connectivity index (χ0n) is 34.7. The first kappa shape index (κ1) is 39.1. The summed E-state index contributed by atoms with van der Waals surface area (Å²) in [6.45, 7) is 0. The number of fused-ring (bicyclic) bond motifs is 12. The maximum Gasteiger partial charge on any atom is 2.00 e. The van der Waals surface area contributed by atoms with Crippen molar-refractivity contribution in [3.8, 4) is 5.69 Å². The van der Waals surface area contributed by atoms with Gasteiger partial charge in [-0.25, -0.2) is 9.37 Å². The molecule has 0 aliphatic carbocycles. The van der Waals surface area contributed by atoms with Gasteiger partial charge in [-0.2, -0.15) is 18.2 Å². The van der Waals surface area contributed by atoms with E-state index in [2.05, 4.69) is 177 Å². The molecule has 0 radical (unpaired) electrons. The number of anilines is 3. The summed E-state index contributed by atoms with van der Waals surface area (Å²) in [6.07, 6.45) is 4.08. The van der Waals surface area contributed by atoms with Gasteiger partial charge >= 0.3 is 20.4 Å². The van der Waals surface area contributed by atoms with E-state index in [0.29, 0.717) is 16.8 Å². The van der Waals surface area contributed by atoms with E-state index in [-0.39, 0.29) is 20.4 Å². The first-order valence-electron chi connectivity index (χ1n) is 21.5. The van der Waals surface area contributed by atoms with E-state index in [1.807, 2.05) is 60.9 Å². The van der Waals surface area contributed by atoms with Crippen LogP contribution in [0.25, 0.3) is 54.9 Å². The fraction of sp³-hybridized carbons (Fsp3) is 0.0175. The van der Waals surface area contributed by atoms with Gasteiger partial charge in [-0.15, -0.1) is 29.8 Å². The van der Waals surface area contributed by atoms with Crippen LogP contribution in [0.5, 0.6) is 0 Å². The van der Waals surface area contributed by atoms with E-state index < -0.39 is 14.2 Å². The van der Waals surface area contributed by atoms with Crippen molar-refractivity contribution >= 4 is 95.1 Å². The molecule has 1 unspecified atom stereocenters. The van der Waals surface area contributed by atoms with Crippen molar-refractivity contribution in [2.24, 2.45) is 0 Å². The van der Waals surface area contributed by atoms with Crippen LogP contribution >= 0.6 is 0 Å². The van der Waals surface area contributed by atoms with Crippen molar-refractivity contribution in [3.63, 3.8) is 0 Å². The summed E-state index contributed by atoms with van der Waals surface area (Å²) in [5.41, 5.74) is 8.43. The number of benzene rings is 8. The summed E-state index contributed by atoms with van der Waals surface area (Å²) >= 11 is 0. The number of alkyl halides is 1. The molecule has 5 heterocycles. The molecular formula is C57H36FN5PdSi. The van der Waals surface area contributed by atoms with Gasteiger partial charge in [0.1, 0.15) is 11.8 Å². The second kappa shape index (κ2) is 15.4. The number of imidazole rings is 1. The molecule has 4 aromatic heterocycles. The fourth-order valence-electron chi connectivity index (χ4n) is 10.5. The number of hydrogen-bond acceptors (Lipinski definition) is 3. The summed E-state index contributed by atoms with van der Waals surface area (Å²) in [6, 6.07) is 75.4. The quantitative estimate of drug-likeness (QED) is 0.0947. The van der Waals surface area contributed by atoms with Crippen LogP contribution in [0, 0.1) is 12.1 Å². The fourth-order valence-corrected chi connectivity index (χ4v) is 15.6. The van der Waals surface area contributed by atoms with Crippen molar-refractivity contribution in [2.45, 2.75) is 6.17 Å². The van der Waals surface area contributed by atoms with Crippen LogP contribution in [0.3, 0.4) is 0 Å². The molecule has 0 N–H and O–H groups in total. The average Bonchev–Trinajstić information content (AvgIpc) is 4.01. The topological polar surface area (TPSA) is 38.4 Å². The standard InChI is InChI=1S/C57H36FN5Si.Pd/c58-54(39-29-30-44-45-24-10-11-26-48(45)61-35-34-60-56(61)47(44)37-39)38-16-14-19-41(36-38)63-50-31-32-52-55(53(50)46-25-15-33-59-57(46)63)62(40-17-4-1-5-18-40)49-27-12-13-28-51(49)64(52,42-20-6-2-7-21-42)43-22-8-3-9-23-43;/h1-35,54H;/q-2;+2. The Morgan fingerprint density at radius 1 is 0.508 bits per heavy atom. The van der Waals surface area contributed by atoms with E-state index in [1.54, 1.807) is 6.20 Å². The van der Waals surface area contributed by atoms with Gasteiger partial charge in [0, 0.05) is 46.3 Å². The van der Waals surface area contributed by atoms with Crippen LogP contribution in [0.1, 0.15) is 17.3 Å². The second-order valence-electron chi connectivity index (χ2n) is 16.4. The van der Waals surface area contributed by atoms with Crippen LogP contribution in [0.15, 0.2) is 213 Å². The first-order valence-corrected chi connectivity index (χ1v) is 23.5. The molecule has 0 bridgehead atoms. The number of halogens is 1. The second-order valence-corrected chi connectivity index (χ2v) is 20.2. The summed E-state index contributed by atoms with van der Waals surface area (Å²) in [5, 5.41) is 10.2. The Labute approximate surface area is 389 Å². The van der Waals surface area contributed by atoms with E-state index in [0.717, 1.165) is 66.3 Å². The Balaban J connectivity index is 0.00000444. The largest absolute Gasteiger partial charge is 2.00 e. The molecule has 12 aromatic rings. The third-order valence-corrected chi connectivity index (χ3v) is 18.0. The minimum absolute atomic E-state index is 0. The molecule has 310 valence electrons. The number of aromatic nitrogens is 4. The van der Waals surface area contributed by atoms with Gasteiger partial charge < -0.3 is 13.9 Å². The van der Waals surface area contributed by atoms with Gasteiger partial charge in [0.25, 0.3) is 0 Å². The van der Waals surface area contributed by atoms with Crippen LogP contribution in [-0.2, 0) is 20.4 Å². The molecule has 8 aromatic carbocycles. The monoisotopic (exact) mass is 943 g/mol. The average molecular weight is 944 g/mol. The molecule has 0 fully saturated rings. The molecule has 0 spiro atoms. The number of nitrogens with zero attached hydrogens (tertiary/aromatic N) is 5. The summed E-state index contributed by atoms with van der Waals surface area (Å²) < 4.78 is 21.4. The van der Waals surface area contributed by atoms with Crippen LogP contribution < -0.4 is 25.6 Å². The first-order chi connectivity index (χ1) is 31.7. The van der Waals surface area contributed by atoms with Crippen molar-refractivity contribution < 1.29 is 24.8 Å². The molecule has 1 aliphatic heterocycles. The van der Waals surface area contributed by atoms with Crippen LogP contribution in [-0.4, -0.2) is 27.0 Å². The van der Waals surface area contributed by atoms with Gasteiger partial charge in [0.15, 0.2) is 8.07 Å². The predicted octanol–water partition coefficient (Wildman–Crippen LogP) is 11.0. The number of hydrogen-bond donors (Lipinski definition) is 0. The van der Waals surface area contributed by atoms with E-state index in [9.17, 15) is 0 Å². The Morgan fingerprint density at radius 2 is 1.18 bits per heavy atom. The Kier molecular flexibility index (Phi) is 9.25. The van der Waals surface area contributed by atoms with Gasteiger partial charge in [-0.1, -0.05) is 143 Å². The Bertz CT molecular complexity index is 3740. The zero-order valence-corrected chi connectivity index (χ0v) is 37.3. The van der Waals surface area contributed by atoms with Crippen molar-refractivity contribution in [2.75, 3.05) is 4.90 Å². The normalized spacial score (nSPS) is 13.5. The number of pyridine rings is 2. The van der Waals surface area contributed by atoms with E-state index >= 15 is 4.39 Å². The van der Waals surface area contributed by atoms with Gasteiger partial charge in [0.05, 0.1) is 16.9 Å². The maximum atomic E-state index is 17.2. The van der Waals surface area contributed by atoms with Gasteiger partial charge in [-0.05, 0) is 68.6 Å². The van der Waals surface area contributed by atoms with E-state index in [1.165, 1.54) is 20.7 Å². The number of rotatable bonds is 6. The zero-order chi connectivity index (χ0) is 42.4. The van der Waals surface area contributed by atoms with Crippen molar-refractivity contribution in [1.29, 1.82) is 0 Å². The minimum atomic E-state index is -2.97. The Morgan fingerprint density at radius 3 is 1.98 bits per heavy atom. The van der Waals surface area contributed by atoms with Crippen molar-refractivity contribution in [1.82, 2.24) is 18.9 Å². The molecule has 8 heteroatoms. The summed E-state index contributed by atoms with van der Waals surface area (Å²) in [4.78, 5) is 12.2. The minimum Gasteiger partial charge on any atom is -0.340 e. The molecular weight excluding hydrogens is 908 g/mol. The van der Waals surface area contributed by atoms with E-state index in [4.69, 9.17) is 4.98 Å².